The maximum absolute atomic E-state index is 5.70. The van der Waals surface area contributed by atoms with Crippen molar-refractivity contribution >= 4 is 11.3 Å². The Kier molecular flexibility index (Phi) is 3.16. The number of fused-ring (bicyclic) bond motifs is 1. The Morgan fingerprint density at radius 3 is 2.84 bits per heavy atom. The van der Waals surface area contributed by atoms with Gasteiger partial charge in [-0.25, -0.2) is 4.98 Å². The third kappa shape index (κ3) is 2.19. The van der Waals surface area contributed by atoms with Crippen molar-refractivity contribution in [3.05, 3.63) is 28.1 Å². The lowest BCUT2D eigenvalue weighted by atomic mass is 10.1. The highest BCUT2D eigenvalue weighted by Crippen LogP contribution is 2.39. The number of rotatable bonds is 3. The van der Waals surface area contributed by atoms with Crippen LogP contribution in [0.1, 0.15) is 29.7 Å². The summed E-state index contributed by atoms with van der Waals surface area (Å²) in [5.41, 5.74) is 7.78. The first-order valence-electron chi connectivity index (χ1n) is 6.28. The summed E-state index contributed by atoms with van der Waals surface area (Å²) in [6.07, 6.45) is 0. The Morgan fingerprint density at radius 1 is 1.32 bits per heavy atom. The third-order valence-electron chi connectivity index (χ3n) is 3.04. The number of hydrogen-bond acceptors (Lipinski definition) is 5. The standard InChI is InChI=1S/C14H16N2O2S/c1-8(2)14-13(16-12(6-15)19-14)9-3-4-10-11(5-9)18-7-17-10/h3-5,8H,6-7,15H2,1-2H3. The molecule has 0 unspecified atom stereocenters. The molecule has 1 aromatic carbocycles. The van der Waals surface area contributed by atoms with E-state index in [1.165, 1.54) is 4.88 Å². The zero-order valence-electron chi connectivity index (χ0n) is 11.0. The summed E-state index contributed by atoms with van der Waals surface area (Å²) in [5, 5.41) is 0.969. The minimum absolute atomic E-state index is 0.293. The highest BCUT2D eigenvalue weighted by atomic mass is 32.1. The van der Waals surface area contributed by atoms with E-state index in [-0.39, 0.29) is 0 Å². The molecular weight excluding hydrogens is 260 g/mol. The fourth-order valence-corrected chi connectivity index (χ4v) is 3.08. The van der Waals surface area contributed by atoms with Crippen LogP contribution in [0.15, 0.2) is 18.2 Å². The number of hydrogen-bond donors (Lipinski definition) is 1. The Hall–Kier alpha value is -1.59. The van der Waals surface area contributed by atoms with Crippen LogP contribution in [-0.2, 0) is 6.54 Å². The first kappa shape index (κ1) is 12.4. The van der Waals surface area contributed by atoms with Crippen molar-refractivity contribution in [1.82, 2.24) is 4.98 Å². The Bertz CT molecular complexity index is 607. The van der Waals surface area contributed by atoms with Crippen LogP contribution in [0.25, 0.3) is 11.3 Å². The lowest BCUT2D eigenvalue weighted by Crippen LogP contribution is -1.94. The van der Waals surface area contributed by atoms with Crippen LogP contribution in [0.4, 0.5) is 0 Å². The van der Waals surface area contributed by atoms with Crippen LogP contribution in [0.2, 0.25) is 0 Å². The van der Waals surface area contributed by atoms with Crippen LogP contribution in [0.5, 0.6) is 11.5 Å². The first-order valence-corrected chi connectivity index (χ1v) is 7.10. The Balaban J connectivity index is 2.08. The molecule has 0 saturated heterocycles. The summed E-state index contributed by atoms with van der Waals surface area (Å²) in [7, 11) is 0. The monoisotopic (exact) mass is 276 g/mol. The van der Waals surface area contributed by atoms with Gasteiger partial charge >= 0.3 is 0 Å². The maximum atomic E-state index is 5.70. The molecule has 0 fully saturated rings. The molecule has 2 N–H and O–H groups in total. The van der Waals surface area contributed by atoms with Crippen molar-refractivity contribution in [3.63, 3.8) is 0 Å². The van der Waals surface area contributed by atoms with E-state index in [1.54, 1.807) is 11.3 Å². The quantitative estimate of drug-likeness (QED) is 0.935. The summed E-state index contributed by atoms with van der Waals surface area (Å²) in [4.78, 5) is 5.91. The highest BCUT2D eigenvalue weighted by molar-refractivity contribution is 7.12. The molecular formula is C14H16N2O2S. The van der Waals surface area contributed by atoms with Gasteiger partial charge in [-0.15, -0.1) is 11.3 Å². The fraction of sp³-hybridized carbons (Fsp3) is 0.357. The predicted molar refractivity (Wildman–Crippen MR) is 75.7 cm³/mol. The SMILES string of the molecule is CC(C)c1sc(CN)nc1-c1ccc2c(c1)OCO2. The van der Waals surface area contributed by atoms with E-state index < -0.39 is 0 Å². The van der Waals surface area contributed by atoms with Crippen LogP contribution in [0, 0.1) is 0 Å². The average molecular weight is 276 g/mol. The molecule has 1 aliphatic rings. The van der Waals surface area contributed by atoms with Gasteiger partial charge in [0.05, 0.1) is 5.69 Å². The van der Waals surface area contributed by atoms with Gasteiger partial charge in [0.25, 0.3) is 0 Å². The zero-order chi connectivity index (χ0) is 13.4. The van der Waals surface area contributed by atoms with E-state index in [2.05, 4.69) is 18.8 Å². The number of benzene rings is 1. The van der Waals surface area contributed by atoms with E-state index in [0.29, 0.717) is 19.3 Å². The summed E-state index contributed by atoms with van der Waals surface area (Å²) in [6, 6.07) is 5.95. The second-order valence-corrected chi connectivity index (χ2v) is 5.86. The third-order valence-corrected chi connectivity index (χ3v) is 4.42. The first-order chi connectivity index (χ1) is 9.19. The molecule has 0 atom stereocenters. The second-order valence-electron chi connectivity index (χ2n) is 4.75. The molecule has 2 heterocycles. The van der Waals surface area contributed by atoms with Gasteiger partial charge in [0, 0.05) is 17.0 Å². The van der Waals surface area contributed by atoms with E-state index in [4.69, 9.17) is 15.2 Å². The minimum atomic E-state index is 0.293. The minimum Gasteiger partial charge on any atom is -0.454 e. The van der Waals surface area contributed by atoms with Crippen molar-refractivity contribution in [2.24, 2.45) is 5.73 Å². The van der Waals surface area contributed by atoms with Crippen LogP contribution in [-0.4, -0.2) is 11.8 Å². The van der Waals surface area contributed by atoms with Crippen LogP contribution in [0.3, 0.4) is 0 Å². The van der Waals surface area contributed by atoms with Gasteiger partial charge in [-0.3, -0.25) is 0 Å². The molecule has 3 rings (SSSR count). The second kappa shape index (κ2) is 4.83. The predicted octanol–water partition coefficient (Wildman–Crippen LogP) is 3.12. The number of thiazole rings is 1. The maximum Gasteiger partial charge on any atom is 0.231 e. The van der Waals surface area contributed by atoms with Gasteiger partial charge in [0.1, 0.15) is 5.01 Å². The van der Waals surface area contributed by atoms with Crippen molar-refractivity contribution in [2.45, 2.75) is 26.3 Å². The summed E-state index contributed by atoms with van der Waals surface area (Å²) >= 11 is 1.69. The highest BCUT2D eigenvalue weighted by Gasteiger charge is 2.19. The van der Waals surface area contributed by atoms with Gasteiger partial charge < -0.3 is 15.2 Å². The number of nitrogens with two attached hydrogens (primary N) is 1. The summed E-state index contributed by atoms with van der Waals surface area (Å²) in [6.45, 7) is 5.12. The van der Waals surface area contributed by atoms with Crippen molar-refractivity contribution < 1.29 is 9.47 Å². The van der Waals surface area contributed by atoms with E-state index in [1.807, 2.05) is 18.2 Å². The van der Waals surface area contributed by atoms with Gasteiger partial charge in [0.2, 0.25) is 6.79 Å². The molecule has 5 heteroatoms. The Morgan fingerprint density at radius 2 is 2.11 bits per heavy atom. The van der Waals surface area contributed by atoms with Crippen LogP contribution >= 0.6 is 11.3 Å². The molecule has 0 spiro atoms. The number of ether oxygens (including phenoxy) is 2. The molecule has 4 nitrogen and oxygen atoms in total. The van der Waals surface area contributed by atoms with Gasteiger partial charge in [-0.2, -0.15) is 0 Å². The smallest absolute Gasteiger partial charge is 0.231 e. The molecule has 2 aromatic rings. The van der Waals surface area contributed by atoms with E-state index >= 15 is 0 Å². The zero-order valence-corrected chi connectivity index (χ0v) is 11.8. The molecule has 100 valence electrons. The van der Waals surface area contributed by atoms with Gasteiger partial charge in [-0.05, 0) is 24.1 Å². The largest absolute Gasteiger partial charge is 0.454 e. The molecule has 0 bridgehead atoms. The van der Waals surface area contributed by atoms with Crippen LogP contribution < -0.4 is 15.2 Å². The summed E-state index contributed by atoms with van der Waals surface area (Å²) in [5.74, 6) is 2.01. The number of aromatic nitrogens is 1. The lowest BCUT2D eigenvalue weighted by Gasteiger charge is -2.06. The summed E-state index contributed by atoms with van der Waals surface area (Å²) < 4.78 is 10.8. The fourth-order valence-electron chi connectivity index (χ4n) is 2.11. The molecule has 1 aliphatic heterocycles. The van der Waals surface area contributed by atoms with Crippen molar-refractivity contribution in [1.29, 1.82) is 0 Å². The average Bonchev–Trinajstić information content (AvgIpc) is 3.04. The number of nitrogens with zero attached hydrogens (tertiary/aromatic N) is 1. The molecule has 0 saturated carbocycles. The lowest BCUT2D eigenvalue weighted by molar-refractivity contribution is 0.174. The van der Waals surface area contributed by atoms with Gasteiger partial charge in [0.15, 0.2) is 11.5 Å². The van der Waals surface area contributed by atoms with E-state index in [9.17, 15) is 0 Å². The Labute approximate surface area is 116 Å². The normalized spacial score (nSPS) is 13.3. The van der Waals surface area contributed by atoms with Crippen molar-refractivity contribution in [3.8, 4) is 22.8 Å². The molecule has 0 amide bonds. The molecule has 19 heavy (non-hydrogen) atoms. The topological polar surface area (TPSA) is 57.4 Å². The van der Waals surface area contributed by atoms with E-state index in [0.717, 1.165) is 27.8 Å². The molecule has 0 aliphatic carbocycles. The molecule has 1 aromatic heterocycles. The van der Waals surface area contributed by atoms with Gasteiger partial charge in [-0.1, -0.05) is 13.8 Å². The molecule has 0 radical (unpaired) electrons. The van der Waals surface area contributed by atoms with Crippen molar-refractivity contribution in [2.75, 3.05) is 6.79 Å².